The van der Waals surface area contributed by atoms with Crippen LogP contribution in [0.3, 0.4) is 0 Å². The Morgan fingerprint density at radius 2 is 2.15 bits per heavy atom. The van der Waals surface area contributed by atoms with Gasteiger partial charge < -0.3 is 10.1 Å². The highest BCUT2D eigenvalue weighted by Gasteiger charge is 2.25. The summed E-state index contributed by atoms with van der Waals surface area (Å²) in [7, 11) is 0. The van der Waals surface area contributed by atoms with E-state index in [1.807, 2.05) is 6.92 Å². The monoisotopic (exact) mass is 185 g/mol. The Balaban J connectivity index is 2.31. The summed E-state index contributed by atoms with van der Waals surface area (Å²) < 4.78 is 5.32. The van der Waals surface area contributed by atoms with Gasteiger partial charge in [0, 0.05) is 6.54 Å². The molecule has 0 saturated carbocycles. The van der Waals surface area contributed by atoms with Crippen LogP contribution in [-0.2, 0) is 9.53 Å². The molecule has 0 aliphatic carbocycles. The number of hydrogen-bond donors (Lipinski definition) is 1. The van der Waals surface area contributed by atoms with Crippen molar-refractivity contribution in [2.45, 2.75) is 33.3 Å². The maximum atomic E-state index is 11.5. The highest BCUT2D eigenvalue weighted by atomic mass is 16.5. The van der Waals surface area contributed by atoms with Crippen molar-refractivity contribution in [1.29, 1.82) is 0 Å². The minimum absolute atomic E-state index is 0.0353. The van der Waals surface area contributed by atoms with Crippen molar-refractivity contribution in [3.8, 4) is 0 Å². The number of carbonyl (C=O) groups is 1. The first-order chi connectivity index (χ1) is 6.11. The van der Waals surface area contributed by atoms with Gasteiger partial charge in [-0.3, -0.25) is 4.79 Å². The molecule has 3 heteroatoms. The fourth-order valence-electron chi connectivity index (χ4n) is 1.27. The molecule has 0 aromatic rings. The third-order valence-corrected chi connectivity index (χ3v) is 2.63. The van der Waals surface area contributed by atoms with Crippen LogP contribution in [0.1, 0.15) is 27.2 Å². The van der Waals surface area contributed by atoms with Gasteiger partial charge in [0.15, 0.2) is 0 Å². The normalized spacial score (nSPS) is 24.8. The number of hydrogen-bond acceptors (Lipinski definition) is 3. The fraction of sp³-hybridized carbons (Fsp3) is 0.900. The highest BCUT2D eigenvalue weighted by Crippen LogP contribution is 2.13. The van der Waals surface area contributed by atoms with Crippen LogP contribution in [0, 0.1) is 11.8 Å². The first-order valence-corrected chi connectivity index (χ1v) is 5.02. The lowest BCUT2D eigenvalue weighted by Gasteiger charge is -2.18. The summed E-state index contributed by atoms with van der Waals surface area (Å²) in [5, 5.41) is 3.15. The molecule has 2 atom stereocenters. The number of nitrogens with one attached hydrogen (secondary N) is 1. The molecule has 1 saturated heterocycles. The van der Waals surface area contributed by atoms with Gasteiger partial charge in [0.1, 0.15) is 6.10 Å². The topological polar surface area (TPSA) is 38.3 Å². The van der Waals surface area contributed by atoms with Crippen LogP contribution in [0.25, 0.3) is 0 Å². The summed E-state index contributed by atoms with van der Waals surface area (Å²) in [6.07, 6.45) is 0.956. The van der Waals surface area contributed by atoms with Crippen molar-refractivity contribution in [2.24, 2.45) is 11.8 Å². The molecular formula is C10H19NO2. The molecule has 2 unspecified atom stereocenters. The van der Waals surface area contributed by atoms with Gasteiger partial charge in [-0.05, 0) is 25.8 Å². The number of esters is 1. The van der Waals surface area contributed by atoms with Crippen LogP contribution in [-0.4, -0.2) is 25.2 Å². The van der Waals surface area contributed by atoms with Crippen molar-refractivity contribution in [2.75, 3.05) is 13.1 Å². The van der Waals surface area contributed by atoms with E-state index in [2.05, 4.69) is 19.2 Å². The van der Waals surface area contributed by atoms with Gasteiger partial charge in [-0.1, -0.05) is 13.8 Å². The van der Waals surface area contributed by atoms with Crippen LogP contribution >= 0.6 is 0 Å². The minimum Gasteiger partial charge on any atom is -0.462 e. The second kappa shape index (κ2) is 4.61. The number of rotatable bonds is 3. The predicted octanol–water partition coefficient (Wildman–Crippen LogP) is 1.18. The second-order valence-electron chi connectivity index (χ2n) is 4.08. The fourth-order valence-corrected chi connectivity index (χ4v) is 1.27. The van der Waals surface area contributed by atoms with E-state index >= 15 is 0 Å². The summed E-state index contributed by atoms with van der Waals surface area (Å²) in [5.41, 5.74) is 0. The van der Waals surface area contributed by atoms with Gasteiger partial charge in [0.05, 0.1) is 5.92 Å². The SMILES string of the molecule is CC(C)C(C)OC(=O)C1CCNC1. The summed E-state index contributed by atoms with van der Waals surface area (Å²) in [5.74, 6) is 0.450. The Morgan fingerprint density at radius 3 is 2.62 bits per heavy atom. The van der Waals surface area contributed by atoms with E-state index in [9.17, 15) is 4.79 Å². The second-order valence-corrected chi connectivity index (χ2v) is 4.08. The molecule has 0 amide bonds. The average molecular weight is 185 g/mol. The molecule has 0 aromatic heterocycles. The highest BCUT2D eigenvalue weighted by molar-refractivity contribution is 5.73. The van der Waals surface area contributed by atoms with E-state index in [1.54, 1.807) is 0 Å². The quantitative estimate of drug-likeness (QED) is 0.671. The van der Waals surface area contributed by atoms with E-state index < -0.39 is 0 Å². The van der Waals surface area contributed by atoms with E-state index in [-0.39, 0.29) is 18.0 Å². The molecule has 0 bridgehead atoms. The average Bonchev–Trinajstić information content (AvgIpc) is 2.55. The van der Waals surface area contributed by atoms with Crippen LogP contribution in [0.2, 0.25) is 0 Å². The van der Waals surface area contributed by atoms with Crippen molar-refractivity contribution in [1.82, 2.24) is 5.32 Å². The molecule has 76 valence electrons. The zero-order chi connectivity index (χ0) is 9.84. The van der Waals surface area contributed by atoms with Crippen molar-refractivity contribution in [3.05, 3.63) is 0 Å². The third-order valence-electron chi connectivity index (χ3n) is 2.63. The van der Waals surface area contributed by atoms with Gasteiger partial charge >= 0.3 is 5.97 Å². The number of carbonyl (C=O) groups excluding carboxylic acids is 1. The first-order valence-electron chi connectivity index (χ1n) is 5.02. The lowest BCUT2D eigenvalue weighted by Crippen LogP contribution is -2.26. The van der Waals surface area contributed by atoms with E-state index in [4.69, 9.17) is 4.74 Å². The zero-order valence-electron chi connectivity index (χ0n) is 8.67. The first kappa shape index (κ1) is 10.5. The van der Waals surface area contributed by atoms with Crippen LogP contribution in [0.5, 0.6) is 0 Å². The van der Waals surface area contributed by atoms with E-state index in [1.165, 1.54) is 0 Å². The van der Waals surface area contributed by atoms with E-state index in [0.29, 0.717) is 5.92 Å². The summed E-state index contributed by atoms with van der Waals surface area (Å²) in [6.45, 7) is 7.79. The zero-order valence-corrected chi connectivity index (χ0v) is 8.67. The maximum Gasteiger partial charge on any atom is 0.310 e. The molecule has 1 rings (SSSR count). The molecule has 1 N–H and O–H groups in total. The van der Waals surface area contributed by atoms with E-state index in [0.717, 1.165) is 19.5 Å². The van der Waals surface area contributed by atoms with Gasteiger partial charge in [-0.25, -0.2) is 0 Å². The molecular weight excluding hydrogens is 166 g/mol. The van der Waals surface area contributed by atoms with Gasteiger partial charge in [0.25, 0.3) is 0 Å². The molecule has 1 heterocycles. The third kappa shape index (κ3) is 2.99. The van der Waals surface area contributed by atoms with Crippen LogP contribution in [0.15, 0.2) is 0 Å². The number of ether oxygens (including phenoxy) is 1. The Labute approximate surface area is 79.8 Å². The lowest BCUT2D eigenvalue weighted by molar-refractivity contribution is -0.154. The Bertz CT molecular complexity index is 174. The Morgan fingerprint density at radius 1 is 1.46 bits per heavy atom. The standard InChI is InChI=1S/C10H19NO2/c1-7(2)8(3)13-10(12)9-4-5-11-6-9/h7-9,11H,4-6H2,1-3H3. The van der Waals surface area contributed by atoms with Crippen LogP contribution in [0.4, 0.5) is 0 Å². The molecule has 0 spiro atoms. The van der Waals surface area contributed by atoms with Crippen LogP contribution < -0.4 is 5.32 Å². The summed E-state index contributed by atoms with van der Waals surface area (Å²) >= 11 is 0. The molecule has 1 fully saturated rings. The molecule has 0 radical (unpaired) electrons. The molecule has 1 aliphatic heterocycles. The smallest absolute Gasteiger partial charge is 0.310 e. The lowest BCUT2D eigenvalue weighted by atomic mass is 10.1. The van der Waals surface area contributed by atoms with Gasteiger partial charge in [-0.2, -0.15) is 0 Å². The van der Waals surface area contributed by atoms with Crippen molar-refractivity contribution in [3.63, 3.8) is 0 Å². The summed E-state index contributed by atoms with van der Waals surface area (Å²) in [4.78, 5) is 11.5. The molecule has 3 nitrogen and oxygen atoms in total. The van der Waals surface area contributed by atoms with Gasteiger partial charge in [0.2, 0.25) is 0 Å². The Kier molecular flexibility index (Phi) is 3.72. The minimum atomic E-state index is -0.0359. The largest absolute Gasteiger partial charge is 0.462 e. The molecule has 13 heavy (non-hydrogen) atoms. The van der Waals surface area contributed by atoms with Crippen molar-refractivity contribution < 1.29 is 9.53 Å². The predicted molar refractivity (Wildman–Crippen MR) is 51.4 cm³/mol. The Hall–Kier alpha value is -0.570. The maximum absolute atomic E-state index is 11.5. The molecule has 0 aromatic carbocycles. The van der Waals surface area contributed by atoms with Crippen molar-refractivity contribution >= 4 is 5.97 Å². The molecule has 1 aliphatic rings. The summed E-state index contributed by atoms with van der Waals surface area (Å²) in [6, 6.07) is 0. The van der Waals surface area contributed by atoms with Gasteiger partial charge in [-0.15, -0.1) is 0 Å².